The van der Waals surface area contributed by atoms with Crippen LogP contribution in [0.1, 0.15) is 0 Å². The van der Waals surface area contributed by atoms with Crippen LogP contribution in [0.4, 0.5) is 0 Å². The van der Waals surface area contributed by atoms with Crippen LogP contribution in [0.5, 0.6) is 0 Å². The Bertz CT molecular complexity index is 290. The van der Waals surface area contributed by atoms with Gasteiger partial charge in [0, 0.05) is 39.8 Å². The molecule has 0 bridgehead atoms. The van der Waals surface area contributed by atoms with Gasteiger partial charge in [0.1, 0.15) is 5.82 Å². The van der Waals surface area contributed by atoms with Gasteiger partial charge in [-0.3, -0.25) is 0 Å². The number of likely N-dealkylation sites (N-methyl/N-ethyl adjacent to an activating group) is 2. The second kappa shape index (κ2) is 4.45. The first-order valence-electron chi connectivity index (χ1n) is 5.39. The number of nitrogens with zero attached hydrogens (tertiary/aromatic N) is 3. The fraction of sp³-hybridized carbons (Fsp3) is 0.636. The van der Waals surface area contributed by atoms with E-state index in [4.69, 9.17) is 11.6 Å². The first kappa shape index (κ1) is 10.8. The van der Waals surface area contributed by atoms with Gasteiger partial charge in [-0.05, 0) is 13.1 Å². The van der Waals surface area contributed by atoms with E-state index in [1.807, 2.05) is 6.08 Å². The van der Waals surface area contributed by atoms with Crippen molar-refractivity contribution in [3.8, 4) is 0 Å². The summed E-state index contributed by atoms with van der Waals surface area (Å²) in [5.41, 5.74) is 0. The molecule has 2 heterocycles. The summed E-state index contributed by atoms with van der Waals surface area (Å²) < 4.78 is 0. The molecule has 0 aromatic carbocycles. The minimum Gasteiger partial charge on any atom is -0.356 e. The molecule has 0 atom stereocenters. The topological polar surface area (TPSA) is 9.72 Å². The van der Waals surface area contributed by atoms with Crippen LogP contribution in [0.15, 0.2) is 23.0 Å². The summed E-state index contributed by atoms with van der Waals surface area (Å²) in [6.07, 6.45) is 4.11. The van der Waals surface area contributed by atoms with Crippen molar-refractivity contribution in [2.45, 2.75) is 0 Å². The van der Waals surface area contributed by atoms with Gasteiger partial charge in [0.15, 0.2) is 0 Å². The van der Waals surface area contributed by atoms with Gasteiger partial charge in [-0.2, -0.15) is 0 Å². The summed E-state index contributed by atoms with van der Waals surface area (Å²) in [6, 6.07) is 0. The van der Waals surface area contributed by atoms with E-state index in [1.165, 1.54) is 5.82 Å². The fourth-order valence-electron chi connectivity index (χ4n) is 2.07. The fourth-order valence-corrected chi connectivity index (χ4v) is 2.42. The monoisotopic (exact) mass is 227 g/mol. The Morgan fingerprint density at radius 1 is 1.13 bits per heavy atom. The number of rotatable bonds is 1. The SMILES string of the molecule is CN1CCN(C2=C(Cl)C=CCN2C)CC1. The average molecular weight is 228 g/mol. The lowest BCUT2D eigenvalue weighted by molar-refractivity contribution is 0.150. The van der Waals surface area contributed by atoms with Crippen LogP contribution in [0.2, 0.25) is 0 Å². The van der Waals surface area contributed by atoms with Crippen LogP contribution in [0.25, 0.3) is 0 Å². The Hall–Kier alpha value is -0.670. The summed E-state index contributed by atoms with van der Waals surface area (Å²) in [7, 11) is 4.26. The molecule has 0 radical (unpaired) electrons. The zero-order valence-corrected chi connectivity index (χ0v) is 10.2. The van der Waals surface area contributed by atoms with Gasteiger partial charge in [-0.1, -0.05) is 17.7 Å². The predicted molar refractivity (Wildman–Crippen MR) is 63.7 cm³/mol. The van der Waals surface area contributed by atoms with Crippen molar-refractivity contribution in [1.29, 1.82) is 0 Å². The molecule has 2 aliphatic heterocycles. The summed E-state index contributed by atoms with van der Waals surface area (Å²) in [4.78, 5) is 6.95. The zero-order valence-electron chi connectivity index (χ0n) is 9.41. The Kier molecular flexibility index (Phi) is 3.22. The van der Waals surface area contributed by atoms with E-state index in [-0.39, 0.29) is 0 Å². The molecule has 3 nitrogen and oxygen atoms in total. The molecule has 0 spiro atoms. The van der Waals surface area contributed by atoms with Crippen molar-refractivity contribution in [2.24, 2.45) is 0 Å². The third kappa shape index (κ3) is 2.29. The van der Waals surface area contributed by atoms with Crippen LogP contribution in [-0.4, -0.2) is 61.5 Å². The molecule has 84 valence electrons. The molecular formula is C11H18ClN3. The van der Waals surface area contributed by atoms with Crippen molar-refractivity contribution >= 4 is 11.6 Å². The molecular weight excluding hydrogens is 210 g/mol. The standard InChI is InChI=1S/C11H18ClN3/c1-13-6-8-15(9-7-13)11-10(12)4-3-5-14(11)2/h3-4H,5-9H2,1-2H3. The molecule has 0 aromatic heterocycles. The number of hydrogen-bond acceptors (Lipinski definition) is 3. The number of allylic oxidation sites excluding steroid dienone is 2. The highest BCUT2D eigenvalue weighted by molar-refractivity contribution is 6.31. The van der Waals surface area contributed by atoms with Gasteiger partial charge in [0.05, 0.1) is 5.03 Å². The second-order valence-electron chi connectivity index (χ2n) is 4.24. The molecule has 0 aliphatic carbocycles. The quantitative estimate of drug-likeness (QED) is 0.666. The van der Waals surface area contributed by atoms with E-state index in [0.717, 1.165) is 37.8 Å². The lowest BCUT2D eigenvalue weighted by atomic mass is 10.2. The number of piperazine rings is 1. The van der Waals surface area contributed by atoms with Crippen LogP contribution in [0.3, 0.4) is 0 Å². The summed E-state index contributed by atoms with van der Waals surface area (Å²) >= 11 is 6.24. The maximum atomic E-state index is 6.24. The largest absolute Gasteiger partial charge is 0.356 e. The molecule has 15 heavy (non-hydrogen) atoms. The van der Waals surface area contributed by atoms with Crippen molar-refractivity contribution < 1.29 is 0 Å². The maximum absolute atomic E-state index is 6.24. The lowest BCUT2D eigenvalue weighted by Gasteiger charge is -2.40. The van der Waals surface area contributed by atoms with Gasteiger partial charge in [-0.15, -0.1) is 0 Å². The Labute approximate surface area is 96.6 Å². The Morgan fingerprint density at radius 3 is 2.40 bits per heavy atom. The van der Waals surface area contributed by atoms with E-state index < -0.39 is 0 Å². The molecule has 1 fully saturated rings. The van der Waals surface area contributed by atoms with Crippen molar-refractivity contribution in [3.63, 3.8) is 0 Å². The maximum Gasteiger partial charge on any atom is 0.123 e. The normalized spacial score (nSPS) is 23.9. The van der Waals surface area contributed by atoms with Crippen molar-refractivity contribution in [1.82, 2.24) is 14.7 Å². The number of halogens is 1. The smallest absolute Gasteiger partial charge is 0.123 e. The van der Waals surface area contributed by atoms with E-state index in [1.54, 1.807) is 0 Å². The Balaban J connectivity index is 2.11. The third-order valence-corrected chi connectivity index (χ3v) is 3.32. The molecule has 0 saturated carbocycles. The minimum atomic E-state index is 0.869. The molecule has 0 amide bonds. The summed E-state index contributed by atoms with van der Waals surface area (Å²) in [5, 5.41) is 0.869. The summed E-state index contributed by atoms with van der Waals surface area (Å²) in [5.74, 6) is 1.19. The van der Waals surface area contributed by atoms with Gasteiger partial charge < -0.3 is 14.7 Å². The van der Waals surface area contributed by atoms with Gasteiger partial charge in [0.25, 0.3) is 0 Å². The molecule has 0 unspecified atom stereocenters. The van der Waals surface area contributed by atoms with Crippen molar-refractivity contribution in [3.05, 3.63) is 23.0 Å². The van der Waals surface area contributed by atoms with Gasteiger partial charge in [0.2, 0.25) is 0 Å². The van der Waals surface area contributed by atoms with Crippen LogP contribution >= 0.6 is 11.6 Å². The van der Waals surface area contributed by atoms with E-state index in [0.29, 0.717) is 0 Å². The molecule has 2 aliphatic rings. The van der Waals surface area contributed by atoms with E-state index in [9.17, 15) is 0 Å². The van der Waals surface area contributed by atoms with E-state index in [2.05, 4.69) is 34.9 Å². The highest BCUT2D eigenvalue weighted by Crippen LogP contribution is 2.23. The second-order valence-corrected chi connectivity index (χ2v) is 4.65. The first-order valence-corrected chi connectivity index (χ1v) is 5.77. The third-order valence-electron chi connectivity index (χ3n) is 3.02. The van der Waals surface area contributed by atoms with Gasteiger partial charge in [-0.25, -0.2) is 0 Å². The highest BCUT2D eigenvalue weighted by Gasteiger charge is 2.22. The first-order chi connectivity index (χ1) is 7.18. The molecule has 0 aromatic rings. The Morgan fingerprint density at radius 2 is 1.80 bits per heavy atom. The lowest BCUT2D eigenvalue weighted by Crippen LogP contribution is -2.47. The molecule has 4 heteroatoms. The van der Waals surface area contributed by atoms with Crippen molar-refractivity contribution in [2.75, 3.05) is 46.8 Å². The highest BCUT2D eigenvalue weighted by atomic mass is 35.5. The van der Waals surface area contributed by atoms with E-state index >= 15 is 0 Å². The minimum absolute atomic E-state index is 0.869. The van der Waals surface area contributed by atoms with Crippen LogP contribution < -0.4 is 0 Å². The van der Waals surface area contributed by atoms with Crippen LogP contribution in [0, 0.1) is 0 Å². The summed E-state index contributed by atoms with van der Waals surface area (Å²) in [6.45, 7) is 5.33. The molecule has 2 rings (SSSR count). The average Bonchev–Trinajstić information content (AvgIpc) is 2.20. The number of hydrogen-bond donors (Lipinski definition) is 0. The zero-order chi connectivity index (χ0) is 10.8. The molecule has 1 saturated heterocycles. The van der Waals surface area contributed by atoms with Gasteiger partial charge >= 0.3 is 0 Å². The molecule has 0 N–H and O–H groups in total. The van der Waals surface area contributed by atoms with Crippen LogP contribution in [-0.2, 0) is 0 Å². The predicted octanol–water partition coefficient (Wildman–Crippen LogP) is 1.14.